The van der Waals surface area contributed by atoms with Crippen LogP contribution in [0.15, 0.2) is 48.5 Å². The molecule has 0 amide bonds. The number of hydrogen-bond acceptors (Lipinski definition) is 7. The number of nitrogens with two attached hydrogens (primary N) is 1. The summed E-state index contributed by atoms with van der Waals surface area (Å²) in [5.41, 5.74) is 6.63. The van der Waals surface area contributed by atoms with Crippen molar-refractivity contribution in [3.8, 4) is 11.5 Å². The van der Waals surface area contributed by atoms with Gasteiger partial charge < -0.3 is 20.3 Å². The maximum atomic E-state index is 11.8. The molecule has 3 N–H and O–H groups in total. The first kappa shape index (κ1) is 19.2. The van der Waals surface area contributed by atoms with E-state index < -0.39 is 16.9 Å². The van der Waals surface area contributed by atoms with E-state index in [9.17, 15) is 20.0 Å². The molecular formula is C18H20N2O6. The van der Waals surface area contributed by atoms with Crippen LogP contribution in [0.5, 0.6) is 11.5 Å². The molecule has 0 fully saturated rings. The molecule has 0 saturated heterocycles. The summed E-state index contributed by atoms with van der Waals surface area (Å²) in [4.78, 5) is 21.9. The Hall–Kier alpha value is -3.13. The van der Waals surface area contributed by atoms with Gasteiger partial charge in [0.25, 0.3) is 5.69 Å². The second-order valence-electron chi connectivity index (χ2n) is 5.60. The van der Waals surface area contributed by atoms with Crippen molar-refractivity contribution in [2.75, 3.05) is 13.2 Å². The van der Waals surface area contributed by atoms with Crippen molar-refractivity contribution in [3.05, 3.63) is 64.2 Å². The summed E-state index contributed by atoms with van der Waals surface area (Å²) in [5, 5.41) is 19.8. The second-order valence-corrected chi connectivity index (χ2v) is 5.60. The quantitative estimate of drug-likeness (QED) is 0.304. The highest BCUT2D eigenvalue weighted by molar-refractivity contribution is 5.75. The summed E-state index contributed by atoms with van der Waals surface area (Å²) in [6.07, 6.45) is 0.785. The van der Waals surface area contributed by atoms with Gasteiger partial charge in [0.15, 0.2) is 0 Å². The fraction of sp³-hybridized carbons (Fsp3) is 0.278. The van der Waals surface area contributed by atoms with Crippen LogP contribution in [0.2, 0.25) is 0 Å². The summed E-state index contributed by atoms with van der Waals surface area (Å²) < 4.78 is 10.5. The van der Waals surface area contributed by atoms with E-state index in [2.05, 4.69) is 0 Å². The lowest BCUT2D eigenvalue weighted by Crippen LogP contribution is -2.34. The first-order chi connectivity index (χ1) is 12.5. The minimum Gasteiger partial charge on any atom is -0.508 e. The van der Waals surface area contributed by atoms with E-state index in [0.29, 0.717) is 25.2 Å². The number of phenols is 1. The molecule has 0 radical (unpaired) electrons. The molecule has 2 aromatic carbocycles. The number of rotatable bonds is 9. The molecule has 26 heavy (non-hydrogen) atoms. The van der Waals surface area contributed by atoms with E-state index in [1.807, 2.05) is 0 Å². The molecule has 8 nitrogen and oxygen atoms in total. The molecule has 138 valence electrons. The Morgan fingerprint density at radius 3 is 2.38 bits per heavy atom. The molecule has 0 aliphatic carbocycles. The second kappa shape index (κ2) is 9.38. The van der Waals surface area contributed by atoms with Gasteiger partial charge in [-0.05, 0) is 36.2 Å². The highest BCUT2D eigenvalue weighted by Crippen LogP contribution is 2.17. The van der Waals surface area contributed by atoms with Crippen LogP contribution in [-0.4, -0.2) is 35.3 Å². The van der Waals surface area contributed by atoms with Gasteiger partial charge in [-0.2, -0.15) is 0 Å². The van der Waals surface area contributed by atoms with E-state index in [-0.39, 0.29) is 18.0 Å². The highest BCUT2D eigenvalue weighted by Gasteiger charge is 2.15. The molecule has 0 aromatic heterocycles. The van der Waals surface area contributed by atoms with E-state index in [4.69, 9.17) is 15.2 Å². The third kappa shape index (κ3) is 6.06. The molecule has 0 unspecified atom stereocenters. The number of non-ortho nitro benzene ring substituents is 1. The summed E-state index contributed by atoms with van der Waals surface area (Å²) >= 11 is 0. The molecule has 0 saturated carbocycles. The minimum atomic E-state index is -0.782. The lowest BCUT2D eigenvalue weighted by Gasteiger charge is -2.12. The fourth-order valence-electron chi connectivity index (χ4n) is 2.16. The summed E-state index contributed by atoms with van der Waals surface area (Å²) in [7, 11) is 0. The van der Waals surface area contributed by atoms with Gasteiger partial charge in [0, 0.05) is 18.6 Å². The van der Waals surface area contributed by atoms with Gasteiger partial charge >= 0.3 is 5.97 Å². The molecule has 1 atom stereocenters. The first-order valence-electron chi connectivity index (χ1n) is 8.03. The van der Waals surface area contributed by atoms with Crippen LogP contribution in [0.1, 0.15) is 12.0 Å². The Morgan fingerprint density at radius 1 is 1.12 bits per heavy atom. The summed E-state index contributed by atoms with van der Waals surface area (Å²) in [6.45, 7) is 0.466. The topological polar surface area (TPSA) is 125 Å². The largest absolute Gasteiger partial charge is 0.508 e. The average Bonchev–Trinajstić information content (AvgIpc) is 2.63. The van der Waals surface area contributed by atoms with Crippen molar-refractivity contribution >= 4 is 11.7 Å². The first-order valence-corrected chi connectivity index (χ1v) is 8.03. The minimum absolute atomic E-state index is 0.00565. The van der Waals surface area contributed by atoms with E-state index in [0.717, 1.165) is 5.56 Å². The van der Waals surface area contributed by atoms with Crippen molar-refractivity contribution in [1.82, 2.24) is 0 Å². The molecule has 8 heteroatoms. The number of hydrogen-bond donors (Lipinski definition) is 2. The zero-order valence-electron chi connectivity index (χ0n) is 14.0. The predicted octanol–water partition coefficient (Wildman–Crippen LogP) is 2.18. The SMILES string of the molecule is N[C@@H](Cc1ccc(O)cc1)C(=O)OCCCOc1ccc([N+](=O)[O-])cc1. The van der Waals surface area contributed by atoms with Gasteiger partial charge in [0.2, 0.25) is 0 Å². The number of nitrogens with zero attached hydrogens (tertiary/aromatic N) is 1. The van der Waals surface area contributed by atoms with Crippen molar-refractivity contribution in [1.29, 1.82) is 0 Å². The van der Waals surface area contributed by atoms with Crippen LogP contribution in [0, 0.1) is 10.1 Å². The average molecular weight is 360 g/mol. The molecule has 0 spiro atoms. The normalized spacial score (nSPS) is 11.6. The van der Waals surface area contributed by atoms with Gasteiger partial charge in [-0.25, -0.2) is 0 Å². The van der Waals surface area contributed by atoms with Gasteiger partial charge in [0.05, 0.1) is 18.1 Å². The fourth-order valence-corrected chi connectivity index (χ4v) is 2.16. The number of carbonyl (C=O) groups is 1. The van der Waals surface area contributed by atoms with Crippen LogP contribution in [0.4, 0.5) is 5.69 Å². The molecule has 0 bridgehead atoms. The number of aromatic hydroxyl groups is 1. The van der Waals surface area contributed by atoms with Gasteiger partial charge in [0.1, 0.15) is 17.5 Å². The lowest BCUT2D eigenvalue weighted by molar-refractivity contribution is -0.384. The van der Waals surface area contributed by atoms with Crippen LogP contribution in [0.25, 0.3) is 0 Å². The van der Waals surface area contributed by atoms with Crippen LogP contribution in [-0.2, 0) is 16.0 Å². The Kier molecular flexibility index (Phi) is 6.92. The van der Waals surface area contributed by atoms with Gasteiger partial charge in [-0.15, -0.1) is 0 Å². The van der Waals surface area contributed by atoms with Crippen molar-refractivity contribution in [2.45, 2.75) is 18.9 Å². The third-order valence-electron chi connectivity index (χ3n) is 3.54. The molecule has 0 aliphatic heterocycles. The van der Waals surface area contributed by atoms with E-state index in [1.165, 1.54) is 36.4 Å². The number of ether oxygens (including phenoxy) is 2. The number of nitro groups is 1. The molecule has 0 aliphatic rings. The summed E-state index contributed by atoms with van der Waals surface area (Å²) in [6, 6.07) is 11.4. The third-order valence-corrected chi connectivity index (χ3v) is 3.54. The number of benzene rings is 2. The van der Waals surface area contributed by atoms with Crippen molar-refractivity contribution < 1.29 is 24.3 Å². The predicted molar refractivity (Wildman–Crippen MR) is 94.0 cm³/mol. The maximum absolute atomic E-state index is 11.8. The van der Waals surface area contributed by atoms with E-state index in [1.54, 1.807) is 12.1 Å². The number of carbonyl (C=O) groups excluding carboxylic acids is 1. The zero-order chi connectivity index (χ0) is 18.9. The molecule has 2 aromatic rings. The van der Waals surface area contributed by atoms with Crippen LogP contribution >= 0.6 is 0 Å². The lowest BCUT2D eigenvalue weighted by atomic mass is 10.1. The molecule has 0 heterocycles. The van der Waals surface area contributed by atoms with Crippen LogP contribution in [0.3, 0.4) is 0 Å². The van der Waals surface area contributed by atoms with Gasteiger partial charge in [-0.3, -0.25) is 14.9 Å². The standard InChI is InChI=1S/C18H20N2O6/c19-17(12-13-2-6-15(21)7-3-13)18(22)26-11-1-10-25-16-8-4-14(5-9-16)20(23)24/h2-9,17,21H,1,10-12,19H2/t17-/m0/s1. The monoisotopic (exact) mass is 360 g/mol. The number of nitro benzene ring substituents is 1. The molecular weight excluding hydrogens is 340 g/mol. The Morgan fingerprint density at radius 2 is 1.77 bits per heavy atom. The van der Waals surface area contributed by atoms with E-state index >= 15 is 0 Å². The Balaban J connectivity index is 1.64. The zero-order valence-corrected chi connectivity index (χ0v) is 14.0. The van der Waals surface area contributed by atoms with Gasteiger partial charge in [-0.1, -0.05) is 12.1 Å². The smallest absolute Gasteiger partial charge is 0.323 e. The van der Waals surface area contributed by atoms with Crippen molar-refractivity contribution in [3.63, 3.8) is 0 Å². The molecule has 2 rings (SSSR count). The number of phenolic OH excluding ortho intramolecular Hbond substituents is 1. The van der Waals surface area contributed by atoms with Crippen molar-refractivity contribution in [2.24, 2.45) is 5.73 Å². The van der Waals surface area contributed by atoms with Crippen LogP contribution < -0.4 is 10.5 Å². The highest BCUT2D eigenvalue weighted by atomic mass is 16.6. The summed E-state index contributed by atoms with van der Waals surface area (Å²) in [5.74, 6) is 0.150. The maximum Gasteiger partial charge on any atom is 0.323 e. The Labute approximate surface area is 150 Å². The number of esters is 1. The Bertz CT molecular complexity index is 730.